The van der Waals surface area contributed by atoms with Crippen molar-refractivity contribution in [3.63, 3.8) is 0 Å². The molecule has 0 unspecified atom stereocenters. The van der Waals surface area contributed by atoms with Gasteiger partial charge in [0.05, 0.1) is 0 Å². The molecule has 2 aliphatic rings. The lowest BCUT2D eigenvalue weighted by atomic mass is 9.95. The van der Waals surface area contributed by atoms with E-state index in [1.165, 1.54) is 12.8 Å². The summed E-state index contributed by atoms with van der Waals surface area (Å²) >= 11 is 0. The van der Waals surface area contributed by atoms with Crippen LogP contribution in [0.25, 0.3) is 0 Å². The number of rotatable bonds is 5. The summed E-state index contributed by atoms with van der Waals surface area (Å²) in [6, 6.07) is 0. The van der Waals surface area contributed by atoms with Gasteiger partial charge in [-0.25, -0.2) is 4.98 Å². The molecule has 2 fully saturated rings. The van der Waals surface area contributed by atoms with Crippen LogP contribution in [0.3, 0.4) is 0 Å². The summed E-state index contributed by atoms with van der Waals surface area (Å²) in [6.07, 6.45) is 10.9. The third kappa shape index (κ3) is 3.94. The van der Waals surface area contributed by atoms with Gasteiger partial charge >= 0.3 is 0 Å². The molecule has 0 radical (unpaired) electrons. The maximum absolute atomic E-state index is 12.7. The van der Waals surface area contributed by atoms with Crippen molar-refractivity contribution >= 4 is 5.91 Å². The topological polar surface area (TPSA) is 41.4 Å². The van der Waals surface area contributed by atoms with Gasteiger partial charge < -0.3 is 14.4 Å². The van der Waals surface area contributed by atoms with Crippen LogP contribution in [0.1, 0.15) is 50.3 Å². The molecule has 1 amide bonds. The van der Waals surface area contributed by atoms with E-state index in [0.717, 1.165) is 57.7 Å². The van der Waals surface area contributed by atoms with Crippen LogP contribution < -0.4 is 0 Å². The molecule has 0 aromatic carbocycles. The van der Waals surface area contributed by atoms with Crippen LogP contribution in [-0.2, 0) is 11.3 Å². The predicted molar refractivity (Wildman–Crippen MR) is 91.3 cm³/mol. The van der Waals surface area contributed by atoms with Crippen LogP contribution >= 0.6 is 0 Å². The van der Waals surface area contributed by atoms with Crippen LogP contribution in [0.15, 0.2) is 12.4 Å². The lowest BCUT2D eigenvalue weighted by Crippen LogP contribution is -2.42. The standard InChI is InChI=1S/C18H30N4O/c1-20(2)12-13-21-11-9-19-17(21)16-8-5-10-22(14-16)18(23)15-6-3-4-7-15/h9,11,15-16H,3-8,10,12-14H2,1-2H3/t16-/m0/s1. The van der Waals surface area contributed by atoms with Gasteiger partial charge in [-0.3, -0.25) is 4.79 Å². The zero-order valence-electron chi connectivity index (χ0n) is 14.6. The Morgan fingerprint density at radius 2 is 2.04 bits per heavy atom. The largest absolute Gasteiger partial charge is 0.342 e. The minimum Gasteiger partial charge on any atom is -0.342 e. The molecule has 0 bridgehead atoms. The molecule has 5 nitrogen and oxygen atoms in total. The maximum atomic E-state index is 12.7. The predicted octanol–water partition coefficient (Wildman–Crippen LogP) is 2.34. The van der Waals surface area contributed by atoms with E-state index in [9.17, 15) is 4.79 Å². The highest BCUT2D eigenvalue weighted by Gasteiger charge is 2.32. The highest BCUT2D eigenvalue weighted by molar-refractivity contribution is 5.79. The van der Waals surface area contributed by atoms with Crippen molar-refractivity contribution in [1.29, 1.82) is 0 Å². The van der Waals surface area contributed by atoms with Gasteiger partial charge in [-0.1, -0.05) is 12.8 Å². The number of amides is 1. The molecule has 0 N–H and O–H groups in total. The Hall–Kier alpha value is -1.36. The summed E-state index contributed by atoms with van der Waals surface area (Å²) in [4.78, 5) is 21.6. The highest BCUT2D eigenvalue weighted by atomic mass is 16.2. The minimum absolute atomic E-state index is 0.294. The van der Waals surface area contributed by atoms with Crippen LogP contribution in [-0.4, -0.2) is 59.0 Å². The lowest BCUT2D eigenvalue weighted by Gasteiger charge is -2.34. The second-order valence-corrected chi connectivity index (χ2v) is 7.39. The van der Waals surface area contributed by atoms with Crippen molar-refractivity contribution in [3.8, 4) is 0 Å². The first-order chi connectivity index (χ1) is 11.1. The first-order valence-electron chi connectivity index (χ1n) is 9.09. The van der Waals surface area contributed by atoms with Gasteiger partial charge in [0.15, 0.2) is 0 Å². The number of carbonyl (C=O) groups is 1. The molecule has 5 heteroatoms. The molecule has 1 saturated carbocycles. The third-order valence-electron chi connectivity index (χ3n) is 5.34. The number of imidazole rings is 1. The van der Waals surface area contributed by atoms with E-state index >= 15 is 0 Å². The number of carbonyl (C=O) groups excluding carboxylic acids is 1. The van der Waals surface area contributed by atoms with E-state index in [1.807, 2.05) is 6.20 Å². The van der Waals surface area contributed by atoms with Crippen molar-refractivity contribution in [3.05, 3.63) is 18.2 Å². The van der Waals surface area contributed by atoms with E-state index < -0.39 is 0 Å². The number of likely N-dealkylation sites (tertiary alicyclic amines) is 1. The van der Waals surface area contributed by atoms with E-state index in [-0.39, 0.29) is 0 Å². The van der Waals surface area contributed by atoms with Crippen molar-refractivity contribution in [2.75, 3.05) is 33.7 Å². The van der Waals surface area contributed by atoms with Gasteiger partial charge in [0.25, 0.3) is 0 Å². The molecule has 3 rings (SSSR count). The van der Waals surface area contributed by atoms with Crippen molar-refractivity contribution in [2.45, 2.75) is 51.0 Å². The van der Waals surface area contributed by atoms with Crippen molar-refractivity contribution in [2.24, 2.45) is 5.92 Å². The fraction of sp³-hybridized carbons (Fsp3) is 0.778. The molecule has 0 spiro atoms. The molecule has 1 aliphatic carbocycles. The average molecular weight is 318 g/mol. The van der Waals surface area contributed by atoms with E-state index in [1.54, 1.807) is 0 Å². The summed E-state index contributed by atoms with van der Waals surface area (Å²) in [5, 5.41) is 0. The fourth-order valence-electron chi connectivity index (χ4n) is 4.00. The van der Waals surface area contributed by atoms with E-state index in [2.05, 4.69) is 39.6 Å². The van der Waals surface area contributed by atoms with E-state index in [0.29, 0.717) is 17.7 Å². The van der Waals surface area contributed by atoms with Crippen LogP contribution in [0, 0.1) is 5.92 Å². The second kappa shape index (κ2) is 7.47. The zero-order valence-corrected chi connectivity index (χ0v) is 14.6. The first kappa shape index (κ1) is 16.5. The Morgan fingerprint density at radius 1 is 1.26 bits per heavy atom. The highest BCUT2D eigenvalue weighted by Crippen LogP contribution is 2.31. The van der Waals surface area contributed by atoms with Crippen LogP contribution in [0.5, 0.6) is 0 Å². The van der Waals surface area contributed by atoms with Crippen LogP contribution in [0.4, 0.5) is 0 Å². The number of likely N-dealkylation sites (N-methyl/N-ethyl adjacent to an activating group) is 1. The number of piperidine rings is 1. The maximum Gasteiger partial charge on any atom is 0.225 e. The van der Waals surface area contributed by atoms with Crippen molar-refractivity contribution < 1.29 is 4.79 Å². The number of aromatic nitrogens is 2. The zero-order chi connectivity index (χ0) is 16.2. The molecular formula is C18H30N4O. The van der Waals surface area contributed by atoms with E-state index in [4.69, 9.17) is 0 Å². The van der Waals surface area contributed by atoms with Gasteiger partial charge in [0, 0.05) is 50.4 Å². The Kier molecular flexibility index (Phi) is 5.36. The molecule has 2 heterocycles. The fourth-order valence-corrected chi connectivity index (χ4v) is 4.00. The number of hydrogen-bond acceptors (Lipinski definition) is 3. The summed E-state index contributed by atoms with van der Waals surface area (Å²) < 4.78 is 2.27. The number of hydrogen-bond donors (Lipinski definition) is 0. The third-order valence-corrected chi connectivity index (χ3v) is 5.34. The normalized spacial score (nSPS) is 22.9. The molecule has 1 aromatic rings. The monoisotopic (exact) mass is 318 g/mol. The Balaban J connectivity index is 1.64. The minimum atomic E-state index is 0.294. The Bertz CT molecular complexity index is 519. The summed E-state index contributed by atoms with van der Waals surface area (Å²) in [7, 11) is 4.19. The van der Waals surface area contributed by atoms with Gasteiger partial charge in [0.2, 0.25) is 5.91 Å². The molecule has 1 aromatic heterocycles. The number of nitrogens with zero attached hydrogens (tertiary/aromatic N) is 4. The quantitative estimate of drug-likeness (QED) is 0.837. The van der Waals surface area contributed by atoms with Gasteiger partial charge in [-0.15, -0.1) is 0 Å². The molecule has 128 valence electrons. The average Bonchev–Trinajstić information content (AvgIpc) is 3.23. The summed E-state index contributed by atoms with van der Waals surface area (Å²) in [5.41, 5.74) is 0. The van der Waals surface area contributed by atoms with Gasteiger partial charge in [-0.2, -0.15) is 0 Å². The first-order valence-corrected chi connectivity index (χ1v) is 9.09. The molecule has 1 saturated heterocycles. The molecular weight excluding hydrogens is 288 g/mol. The smallest absolute Gasteiger partial charge is 0.225 e. The summed E-state index contributed by atoms with van der Waals surface area (Å²) in [5.74, 6) is 2.25. The summed E-state index contributed by atoms with van der Waals surface area (Å²) in [6.45, 7) is 3.77. The van der Waals surface area contributed by atoms with Crippen molar-refractivity contribution in [1.82, 2.24) is 19.4 Å². The van der Waals surface area contributed by atoms with Gasteiger partial charge in [0.1, 0.15) is 5.82 Å². The second-order valence-electron chi connectivity index (χ2n) is 7.39. The SMILES string of the molecule is CN(C)CCn1ccnc1[C@H]1CCCN(C(=O)C2CCCC2)C1. The Labute approximate surface area is 139 Å². The van der Waals surface area contributed by atoms with Crippen LogP contribution in [0.2, 0.25) is 0 Å². The lowest BCUT2D eigenvalue weighted by molar-refractivity contribution is -0.136. The molecule has 23 heavy (non-hydrogen) atoms. The molecule has 1 atom stereocenters. The Morgan fingerprint density at radius 3 is 2.78 bits per heavy atom. The van der Waals surface area contributed by atoms with Gasteiger partial charge in [-0.05, 0) is 39.8 Å². The molecule has 1 aliphatic heterocycles.